The van der Waals surface area contributed by atoms with Crippen molar-refractivity contribution in [2.24, 2.45) is 11.1 Å². The molecule has 14 heavy (non-hydrogen) atoms. The van der Waals surface area contributed by atoms with Crippen LogP contribution >= 0.6 is 11.6 Å². The molecule has 1 heterocycles. The molecule has 0 aromatic heterocycles. The normalized spacial score (nSPS) is 25.7. The predicted molar refractivity (Wildman–Crippen MR) is 57.7 cm³/mol. The van der Waals surface area contributed by atoms with Crippen molar-refractivity contribution in [3.63, 3.8) is 0 Å². The first kappa shape index (κ1) is 9.53. The first-order valence-corrected chi connectivity index (χ1v) is 5.21. The molecule has 1 aromatic carbocycles. The third-order valence-electron chi connectivity index (χ3n) is 2.47. The van der Waals surface area contributed by atoms with Crippen LogP contribution in [0.2, 0.25) is 0 Å². The van der Waals surface area contributed by atoms with E-state index in [2.05, 4.69) is 5.16 Å². The van der Waals surface area contributed by atoms with Gasteiger partial charge in [-0.2, -0.15) is 0 Å². The number of nitrogens with zero attached hydrogens (tertiary/aromatic N) is 1. The molecule has 2 nitrogen and oxygen atoms in total. The Labute approximate surface area is 88.5 Å². The Balaban J connectivity index is 2.28. The fourth-order valence-corrected chi connectivity index (χ4v) is 1.97. The maximum Gasteiger partial charge on any atom is 0.134 e. The van der Waals surface area contributed by atoms with Gasteiger partial charge in [-0.25, -0.2) is 0 Å². The average molecular weight is 210 g/mol. The maximum atomic E-state index is 5.89. The summed E-state index contributed by atoms with van der Waals surface area (Å²) < 4.78 is 0. The van der Waals surface area contributed by atoms with Gasteiger partial charge in [0.15, 0.2) is 0 Å². The van der Waals surface area contributed by atoms with E-state index in [1.807, 2.05) is 37.3 Å². The van der Waals surface area contributed by atoms with Gasteiger partial charge in [0.2, 0.25) is 0 Å². The Bertz CT molecular complexity index is 336. The van der Waals surface area contributed by atoms with Crippen LogP contribution in [0.1, 0.15) is 12.5 Å². The molecule has 1 aliphatic heterocycles. The first-order valence-electron chi connectivity index (χ1n) is 4.68. The van der Waals surface area contributed by atoms with Crippen molar-refractivity contribution >= 4 is 17.3 Å². The van der Waals surface area contributed by atoms with E-state index in [1.54, 1.807) is 0 Å². The summed E-state index contributed by atoms with van der Waals surface area (Å²) in [7, 11) is 0. The highest BCUT2D eigenvalue weighted by molar-refractivity contribution is 6.20. The number of hydrogen-bond acceptors (Lipinski definition) is 2. The highest BCUT2D eigenvalue weighted by atomic mass is 35.5. The summed E-state index contributed by atoms with van der Waals surface area (Å²) in [6, 6.07) is 10.0. The van der Waals surface area contributed by atoms with Gasteiger partial charge in [-0.3, -0.25) is 0 Å². The fourth-order valence-electron chi connectivity index (χ4n) is 1.58. The topological polar surface area (TPSA) is 21.6 Å². The van der Waals surface area contributed by atoms with Crippen molar-refractivity contribution in [2.45, 2.75) is 13.0 Å². The molecule has 0 unspecified atom stereocenters. The zero-order valence-corrected chi connectivity index (χ0v) is 8.74. The Kier molecular flexibility index (Phi) is 2.73. The van der Waals surface area contributed by atoms with E-state index in [0.29, 0.717) is 5.88 Å². The van der Waals surface area contributed by atoms with Gasteiger partial charge in [0.1, 0.15) is 6.10 Å². The summed E-state index contributed by atoms with van der Waals surface area (Å²) >= 11 is 5.89. The third-order valence-corrected chi connectivity index (χ3v) is 2.80. The first-order chi connectivity index (χ1) is 6.83. The Hall–Kier alpha value is -1.02. The number of hydrogen-bond donors (Lipinski definition) is 0. The van der Waals surface area contributed by atoms with Gasteiger partial charge < -0.3 is 4.84 Å². The van der Waals surface area contributed by atoms with Crippen LogP contribution < -0.4 is 0 Å². The predicted octanol–water partition coefficient (Wildman–Crippen LogP) is 2.66. The maximum absolute atomic E-state index is 5.89. The molecule has 0 bridgehead atoms. The highest BCUT2D eigenvalue weighted by Gasteiger charge is 2.30. The molecule has 0 spiro atoms. The van der Waals surface area contributed by atoms with Crippen LogP contribution in [-0.4, -0.2) is 17.7 Å². The molecule has 1 aromatic rings. The van der Waals surface area contributed by atoms with Gasteiger partial charge in [0.05, 0.1) is 11.6 Å². The number of alkyl halides is 1. The van der Waals surface area contributed by atoms with Crippen molar-refractivity contribution in [2.75, 3.05) is 5.88 Å². The molecular weight excluding hydrogens is 198 g/mol. The lowest BCUT2D eigenvalue weighted by Gasteiger charge is -2.11. The SMILES string of the molecule is C[C@@H]1ON=C(c2ccccc2)[C@H]1CCl. The van der Waals surface area contributed by atoms with Crippen LogP contribution in [0.25, 0.3) is 0 Å². The summed E-state index contributed by atoms with van der Waals surface area (Å²) in [5, 5.41) is 4.07. The Morgan fingerprint density at radius 3 is 2.71 bits per heavy atom. The molecule has 0 radical (unpaired) electrons. The second kappa shape index (κ2) is 4.01. The van der Waals surface area contributed by atoms with E-state index < -0.39 is 0 Å². The molecule has 0 fully saturated rings. The molecule has 74 valence electrons. The number of oxime groups is 1. The summed E-state index contributed by atoms with van der Waals surface area (Å²) in [6.45, 7) is 1.99. The molecule has 0 amide bonds. The molecule has 2 rings (SSSR count). The Morgan fingerprint density at radius 2 is 2.07 bits per heavy atom. The molecule has 0 aliphatic carbocycles. The quantitative estimate of drug-likeness (QED) is 0.687. The molecule has 0 N–H and O–H groups in total. The second-order valence-electron chi connectivity index (χ2n) is 3.41. The minimum atomic E-state index is 0.0858. The van der Waals surface area contributed by atoms with Gasteiger partial charge in [-0.1, -0.05) is 35.5 Å². The van der Waals surface area contributed by atoms with Gasteiger partial charge >= 0.3 is 0 Å². The lowest BCUT2D eigenvalue weighted by molar-refractivity contribution is 0.0806. The van der Waals surface area contributed by atoms with Crippen LogP contribution in [0.3, 0.4) is 0 Å². The Morgan fingerprint density at radius 1 is 1.36 bits per heavy atom. The molecule has 2 atom stereocenters. The molecular formula is C11H12ClNO. The van der Waals surface area contributed by atoms with Gasteiger partial charge in [-0.15, -0.1) is 11.6 Å². The van der Waals surface area contributed by atoms with Crippen LogP contribution in [0, 0.1) is 5.92 Å². The number of rotatable bonds is 2. The van der Waals surface area contributed by atoms with Gasteiger partial charge in [0.25, 0.3) is 0 Å². The lowest BCUT2D eigenvalue weighted by Crippen LogP contribution is -2.22. The van der Waals surface area contributed by atoms with E-state index in [1.165, 1.54) is 0 Å². The third kappa shape index (κ3) is 1.62. The van der Waals surface area contributed by atoms with E-state index in [4.69, 9.17) is 16.4 Å². The fraction of sp³-hybridized carbons (Fsp3) is 0.364. The molecule has 0 saturated heterocycles. The largest absolute Gasteiger partial charge is 0.392 e. The minimum absolute atomic E-state index is 0.0858. The molecule has 1 aliphatic rings. The molecule has 0 saturated carbocycles. The van der Waals surface area contributed by atoms with Crippen molar-refractivity contribution in [1.29, 1.82) is 0 Å². The summed E-state index contributed by atoms with van der Waals surface area (Å²) in [5.41, 5.74) is 2.07. The van der Waals surface area contributed by atoms with E-state index in [9.17, 15) is 0 Å². The van der Waals surface area contributed by atoms with Crippen molar-refractivity contribution < 1.29 is 4.84 Å². The van der Waals surface area contributed by atoms with Crippen LogP contribution in [-0.2, 0) is 4.84 Å². The second-order valence-corrected chi connectivity index (χ2v) is 3.72. The van der Waals surface area contributed by atoms with Gasteiger partial charge in [0, 0.05) is 5.88 Å². The van der Waals surface area contributed by atoms with Crippen molar-refractivity contribution in [3.8, 4) is 0 Å². The van der Waals surface area contributed by atoms with E-state index in [0.717, 1.165) is 11.3 Å². The lowest BCUT2D eigenvalue weighted by atomic mass is 9.95. The summed E-state index contributed by atoms with van der Waals surface area (Å²) in [5.74, 6) is 0.758. The van der Waals surface area contributed by atoms with E-state index >= 15 is 0 Å². The zero-order valence-electron chi connectivity index (χ0n) is 7.98. The average Bonchev–Trinajstić information content (AvgIpc) is 2.61. The van der Waals surface area contributed by atoms with Crippen LogP contribution in [0.4, 0.5) is 0 Å². The smallest absolute Gasteiger partial charge is 0.134 e. The molecule has 3 heteroatoms. The van der Waals surface area contributed by atoms with Crippen LogP contribution in [0.5, 0.6) is 0 Å². The monoisotopic (exact) mass is 209 g/mol. The summed E-state index contributed by atoms with van der Waals surface area (Å²) in [6.07, 6.45) is 0.0858. The van der Waals surface area contributed by atoms with Crippen molar-refractivity contribution in [3.05, 3.63) is 35.9 Å². The summed E-state index contributed by atoms with van der Waals surface area (Å²) in [4.78, 5) is 5.23. The van der Waals surface area contributed by atoms with E-state index in [-0.39, 0.29) is 12.0 Å². The van der Waals surface area contributed by atoms with Crippen LogP contribution in [0.15, 0.2) is 35.5 Å². The van der Waals surface area contributed by atoms with Crippen molar-refractivity contribution in [1.82, 2.24) is 0 Å². The highest BCUT2D eigenvalue weighted by Crippen LogP contribution is 2.23. The zero-order chi connectivity index (χ0) is 9.97. The van der Waals surface area contributed by atoms with Gasteiger partial charge in [-0.05, 0) is 12.5 Å². The number of benzene rings is 1. The number of halogens is 1. The standard InChI is InChI=1S/C11H12ClNO/c1-8-10(7-12)11(13-14-8)9-5-3-2-4-6-9/h2-6,8,10H,7H2,1H3/t8-,10-/m0/s1. The minimum Gasteiger partial charge on any atom is -0.392 e.